The minimum Gasteiger partial charge on any atom is -0.375 e. The van der Waals surface area contributed by atoms with Crippen LogP contribution in [0.3, 0.4) is 0 Å². The number of nitrogens with one attached hydrogen (secondary N) is 1. The molecule has 3 N–H and O–H groups in total. The van der Waals surface area contributed by atoms with Crippen LogP contribution in [0.5, 0.6) is 0 Å². The fourth-order valence-corrected chi connectivity index (χ4v) is 1.79. The highest BCUT2D eigenvalue weighted by molar-refractivity contribution is 5.92. The van der Waals surface area contributed by atoms with E-state index < -0.39 is 16.6 Å². The standard InChI is InChI=1S/C14H12FN3O3/c15-11-5-6-12(13(7-11)18(20)21)17-8-9-1-3-10(4-2-9)14(16)19/h1-7,17H,8H2,(H2,16,19). The van der Waals surface area contributed by atoms with Crippen LogP contribution >= 0.6 is 0 Å². The summed E-state index contributed by atoms with van der Waals surface area (Å²) in [7, 11) is 0. The fraction of sp³-hybridized carbons (Fsp3) is 0.0714. The lowest BCUT2D eigenvalue weighted by Gasteiger charge is -2.07. The third-order valence-electron chi connectivity index (χ3n) is 2.88. The van der Waals surface area contributed by atoms with Gasteiger partial charge in [-0.05, 0) is 29.8 Å². The maximum atomic E-state index is 13.0. The van der Waals surface area contributed by atoms with Crippen LogP contribution in [0.1, 0.15) is 15.9 Å². The molecule has 0 aliphatic heterocycles. The van der Waals surface area contributed by atoms with Gasteiger partial charge >= 0.3 is 0 Å². The number of hydrogen-bond donors (Lipinski definition) is 2. The van der Waals surface area contributed by atoms with Crippen LogP contribution in [-0.4, -0.2) is 10.8 Å². The van der Waals surface area contributed by atoms with Crippen LogP contribution in [0.25, 0.3) is 0 Å². The highest BCUT2D eigenvalue weighted by Gasteiger charge is 2.14. The molecule has 108 valence electrons. The van der Waals surface area contributed by atoms with E-state index in [-0.39, 0.29) is 11.4 Å². The van der Waals surface area contributed by atoms with Crippen LogP contribution in [0.4, 0.5) is 15.8 Å². The molecule has 1 amide bonds. The first-order valence-corrected chi connectivity index (χ1v) is 6.04. The van der Waals surface area contributed by atoms with Gasteiger partial charge in [-0.1, -0.05) is 12.1 Å². The van der Waals surface area contributed by atoms with Crippen molar-refractivity contribution < 1.29 is 14.1 Å². The Labute approximate surface area is 119 Å². The van der Waals surface area contributed by atoms with Gasteiger partial charge in [0.25, 0.3) is 5.69 Å². The van der Waals surface area contributed by atoms with Gasteiger partial charge in [-0.3, -0.25) is 14.9 Å². The lowest BCUT2D eigenvalue weighted by Crippen LogP contribution is -2.11. The van der Waals surface area contributed by atoms with Gasteiger partial charge in [0.1, 0.15) is 11.5 Å². The largest absolute Gasteiger partial charge is 0.375 e. The third-order valence-corrected chi connectivity index (χ3v) is 2.88. The Morgan fingerprint density at radius 2 is 1.90 bits per heavy atom. The van der Waals surface area contributed by atoms with E-state index in [2.05, 4.69) is 5.32 Å². The molecular weight excluding hydrogens is 277 g/mol. The van der Waals surface area contributed by atoms with E-state index in [1.54, 1.807) is 24.3 Å². The lowest BCUT2D eigenvalue weighted by atomic mass is 10.1. The molecule has 0 saturated carbocycles. The van der Waals surface area contributed by atoms with E-state index in [9.17, 15) is 19.3 Å². The predicted octanol–water partition coefficient (Wildman–Crippen LogP) is 2.44. The van der Waals surface area contributed by atoms with Crippen LogP contribution in [0.2, 0.25) is 0 Å². The number of carbonyl (C=O) groups excluding carboxylic acids is 1. The molecule has 2 rings (SSSR count). The van der Waals surface area contributed by atoms with Crippen molar-refractivity contribution in [2.45, 2.75) is 6.54 Å². The van der Waals surface area contributed by atoms with E-state index >= 15 is 0 Å². The Hall–Kier alpha value is -2.96. The molecule has 0 aliphatic carbocycles. The second-order valence-corrected chi connectivity index (χ2v) is 4.33. The van der Waals surface area contributed by atoms with Crippen molar-refractivity contribution >= 4 is 17.3 Å². The third kappa shape index (κ3) is 3.53. The quantitative estimate of drug-likeness (QED) is 0.652. The number of rotatable bonds is 5. The lowest BCUT2D eigenvalue weighted by molar-refractivity contribution is -0.384. The van der Waals surface area contributed by atoms with Crippen molar-refractivity contribution in [2.24, 2.45) is 5.73 Å². The monoisotopic (exact) mass is 289 g/mol. The molecule has 0 radical (unpaired) electrons. The highest BCUT2D eigenvalue weighted by Crippen LogP contribution is 2.25. The van der Waals surface area contributed by atoms with Crippen molar-refractivity contribution in [3.05, 3.63) is 69.5 Å². The molecule has 21 heavy (non-hydrogen) atoms. The zero-order chi connectivity index (χ0) is 15.4. The zero-order valence-electron chi connectivity index (χ0n) is 10.9. The van der Waals surface area contributed by atoms with Gasteiger partial charge in [-0.15, -0.1) is 0 Å². The summed E-state index contributed by atoms with van der Waals surface area (Å²) in [6.45, 7) is 0.297. The maximum Gasteiger partial charge on any atom is 0.295 e. The molecule has 0 bridgehead atoms. The number of nitro benzene ring substituents is 1. The molecule has 2 aromatic rings. The van der Waals surface area contributed by atoms with Gasteiger partial charge in [0.15, 0.2) is 0 Å². The van der Waals surface area contributed by atoms with Crippen LogP contribution in [0.15, 0.2) is 42.5 Å². The molecule has 7 heteroatoms. The first-order chi connectivity index (χ1) is 9.97. The topological polar surface area (TPSA) is 98.3 Å². The number of primary amides is 1. The molecule has 0 atom stereocenters. The van der Waals surface area contributed by atoms with Gasteiger partial charge in [0.2, 0.25) is 5.91 Å². The van der Waals surface area contributed by atoms with Gasteiger partial charge in [0.05, 0.1) is 11.0 Å². The van der Waals surface area contributed by atoms with Gasteiger partial charge in [-0.2, -0.15) is 0 Å². The van der Waals surface area contributed by atoms with Crippen molar-refractivity contribution in [1.29, 1.82) is 0 Å². The van der Waals surface area contributed by atoms with E-state index in [1.807, 2.05) is 0 Å². The molecule has 6 nitrogen and oxygen atoms in total. The van der Waals surface area contributed by atoms with Crippen LogP contribution in [-0.2, 0) is 6.54 Å². The molecule has 0 spiro atoms. The number of halogens is 1. The number of nitrogens with two attached hydrogens (primary N) is 1. The SMILES string of the molecule is NC(=O)c1ccc(CNc2ccc(F)cc2[N+](=O)[O-])cc1. The molecule has 2 aromatic carbocycles. The second kappa shape index (κ2) is 6.00. The van der Waals surface area contributed by atoms with Crippen LogP contribution < -0.4 is 11.1 Å². The number of carbonyl (C=O) groups is 1. The average Bonchev–Trinajstić information content (AvgIpc) is 2.46. The van der Waals surface area contributed by atoms with Crippen LogP contribution in [0, 0.1) is 15.9 Å². The number of anilines is 1. The number of benzene rings is 2. The Morgan fingerprint density at radius 1 is 1.24 bits per heavy atom. The van der Waals surface area contributed by atoms with E-state index in [0.717, 1.165) is 17.7 Å². The first-order valence-electron chi connectivity index (χ1n) is 6.04. The molecule has 0 aliphatic rings. The molecular formula is C14H12FN3O3. The summed E-state index contributed by atoms with van der Waals surface area (Å²) in [6, 6.07) is 9.82. The van der Waals surface area contributed by atoms with Crippen molar-refractivity contribution in [1.82, 2.24) is 0 Å². The smallest absolute Gasteiger partial charge is 0.295 e. The number of amides is 1. The Kier molecular flexibility index (Phi) is 4.13. The highest BCUT2D eigenvalue weighted by atomic mass is 19.1. The summed E-state index contributed by atoms with van der Waals surface area (Å²) >= 11 is 0. The van der Waals surface area contributed by atoms with Gasteiger partial charge < -0.3 is 11.1 Å². The Balaban J connectivity index is 2.13. The van der Waals surface area contributed by atoms with E-state index in [1.165, 1.54) is 6.07 Å². The van der Waals surface area contributed by atoms with Gasteiger partial charge in [-0.25, -0.2) is 4.39 Å². The predicted molar refractivity (Wildman–Crippen MR) is 75.3 cm³/mol. The summed E-state index contributed by atoms with van der Waals surface area (Å²) in [5.74, 6) is -1.19. The van der Waals surface area contributed by atoms with E-state index in [4.69, 9.17) is 5.73 Å². The number of nitro groups is 1. The molecule has 0 aromatic heterocycles. The van der Waals surface area contributed by atoms with E-state index in [0.29, 0.717) is 12.1 Å². The Bertz CT molecular complexity index is 686. The summed E-state index contributed by atoms with van der Waals surface area (Å²) in [5.41, 5.74) is 6.21. The molecule has 0 unspecified atom stereocenters. The minimum atomic E-state index is -0.668. The Morgan fingerprint density at radius 3 is 2.48 bits per heavy atom. The van der Waals surface area contributed by atoms with Gasteiger partial charge in [0, 0.05) is 12.1 Å². The zero-order valence-corrected chi connectivity index (χ0v) is 10.9. The summed E-state index contributed by atoms with van der Waals surface area (Å²) in [4.78, 5) is 21.1. The second-order valence-electron chi connectivity index (χ2n) is 4.33. The van der Waals surface area contributed by atoms with Crippen molar-refractivity contribution in [2.75, 3.05) is 5.32 Å². The molecule has 0 saturated heterocycles. The fourth-order valence-electron chi connectivity index (χ4n) is 1.79. The van der Waals surface area contributed by atoms with Crippen molar-refractivity contribution in [3.8, 4) is 0 Å². The number of nitrogens with zero attached hydrogens (tertiary/aromatic N) is 1. The maximum absolute atomic E-state index is 13.0. The summed E-state index contributed by atoms with van der Waals surface area (Å²) in [5, 5.41) is 13.7. The molecule has 0 heterocycles. The first kappa shape index (κ1) is 14.4. The number of hydrogen-bond acceptors (Lipinski definition) is 4. The minimum absolute atomic E-state index is 0.223. The average molecular weight is 289 g/mol. The summed E-state index contributed by atoms with van der Waals surface area (Å²) < 4.78 is 13.0. The molecule has 0 fully saturated rings. The normalized spacial score (nSPS) is 10.1. The summed E-state index contributed by atoms with van der Waals surface area (Å²) in [6.07, 6.45) is 0. The van der Waals surface area contributed by atoms with Crippen molar-refractivity contribution in [3.63, 3.8) is 0 Å².